The lowest BCUT2D eigenvalue weighted by Crippen LogP contribution is -2.11. The molecule has 2 rings (SSSR count). The van der Waals surface area contributed by atoms with Gasteiger partial charge < -0.3 is 10.2 Å². The fraction of sp³-hybridized carbons (Fsp3) is 0.312. The number of anilines is 2. The third-order valence-electron chi connectivity index (χ3n) is 3.46. The Morgan fingerprint density at radius 3 is 2.55 bits per heavy atom. The molecule has 5 nitrogen and oxygen atoms in total. The van der Waals surface area contributed by atoms with Gasteiger partial charge in [0.2, 0.25) is 0 Å². The van der Waals surface area contributed by atoms with Crippen molar-refractivity contribution in [3.63, 3.8) is 0 Å². The monoisotopic (exact) mass is 319 g/mol. The van der Waals surface area contributed by atoms with Gasteiger partial charge in [0.1, 0.15) is 10.7 Å². The summed E-state index contributed by atoms with van der Waals surface area (Å²) >= 11 is 0. The molecule has 1 aromatic carbocycles. The molecule has 0 aliphatic rings. The van der Waals surface area contributed by atoms with Gasteiger partial charge >= 0.3 is 0 Å². The standard InChI is InChI=1S/C16H21N3O2S/c1-12-10-14(19(2)3)8-7-13(12)11-18-16-15(22(4,20)21)6-5-9-17-16/h5-10H,11H2,1-4H3,(H,17,18). The summed E-state index contributed by atoms with van der Waals surface area (Å²) in [5.41, 5.74) is 3.39. The minimum atomic E-state index is -3.30. The van der Waals surface area contributed by atoms with Crippen LogP contribution in [-0.2, 0) is 16.4 Å². The number of benzene rings is 1. The maximum atomic E-state index is 11.8. The number of hydrogen-bond donors (Lipinski definition) is 1. The second-order valence-corrected chi connectivity index (χ2v) is 7.47. The molecule has 0 spiro atoms. The van der Waals surface area contributed by atoms with Crippen LogP contribution in [0.5, 0.6) is 0 Å². The van der Waals surface area contributed by atoms with E-state index in [-0.39, 0.29) is 4.90 Å². The van der Waals surface area contributed by atoms with E-state index in [1.165, 1.54) is 6.26 Å². The molecule has 0 aliphatic heterocycles. The van der Waals surface area contributed by atoms with Crippen LogP contribution in [0.2, 0.25) is 0 Å². The van der Waals surface area contributed by atoms with E-state index in [0.29, 0.717) is 12.4 Å². The van der Waals surface area contributed by atoms with Crippen molar-refractivity contribution in [2.24, 2.45) is 0 Å². The molecule has 0 atom stereocenters. The Morgan fingerprint density at radius 2 is 1.95 bits per heavy atom. The molecule has 0 bridgehead atoms. The van der Waals surface area contributed by atoms with Crippen molar-refractivity contribution in [1.82, 2.24) is 4.98 Å². The van der Waals surface area contributed by atoms with Crippen molar-refractivity contribution in [2.45, 2.75) is 18.4 Å². The third-order valence-corrected chi connectivity index (χ3v) is 4.59. The molecule has 1 aromatic heterocycles. The second kappa shape index (κ2) is 6.36. The molecule has 118 valence electrons. The fourth-order valence-electron chi connectivity index (χ4n) is 2.16. The van der Waals surface area contributed by atoms with Crippen LogP contribution in [0, 0.1) is 6.92 Å². The number of nitrogens with zero attached hydrogens (tertiary/aromatic N) is 2. The van der Waals surface area contributed by atoms with Crippen molar-refractivity contribution in [3.8, 4) is 0 Å². The largest absolute Gasteiger partial charge is 0.378 e. The molecular weight excluding hydrogens is 298 g/mol. The zero-order valence-electron chi connectivity index (χ0n) is 13.3. The van der Waals surface area contributed by atoms with Gasteiger partial charge in [0.05, 0.1) is 0 Å². The molecule has 0 amide bonds. The lowest BCUT2D eigenvalue weighted by atomic mass is 10.1. The highest BCUT2D eigenvalue weighted by atomic mass is 32.2. The zero-order valence-corrected chi connectivity index (χ0v) is 14.1. The van der Waals surface area contributed by atoms with Gasteiger partial charge in [-0.3, -0.25) is 0 Å². The van der Waals surface area contributed by atoms with Crippen molar-refractivity contribution in [3.05, 3.63) is 47.7 Å². The first kappa shape index (κ1) is 16.3. The van der Waals surface area contributed by atoms with E-state index >= 15 is 0 Å². The highest BCUT2D eigenvalue weighted by Crippen LogP contribution is 2.21. The number of aromatic nitrogens is 1. The first-order valence-electron chi connectivity index (χ1n) is 6.95. The Bertz CT molecular complexity index is 771. The predicted octanol–water partition coefficient (Wildman–Crippen LogP) is 2.47. The smallest absolute Gasteiger partial charge is 0.179 e. The maximum Gasteiger partial charge on any atom is 0.179 e. The van der Waals surface area contributed by atoms with Gasteiger partial charge in [-0.1, -0.05) is 6.07 Å². The van der Waals surface area contributed by atoms with E-state index in [9.17, 15) is 8.42 Å². The average molecular weight is 319 g/mol. The summed E-state index contributed by atoms with van der Waals surface area (Å²) in [5.74, 6) is 0.390. The molecule has 0 aliphatic carbocycles. The predicted molar refractivity (Wildman–Crippen MR) is 90.2 cm³/mol. The average Bonchev–Trinajstić information content (AvgIpc) is 2.45. The van der Waals surface area contributed by atoms with Crippen LogP contribution in [0.3, 0.4) is 0 Å². The van der Waals surface area contributed by atoms with E-state index in [0.717, 1.165) is 16.8 Å². The Morgan fingerprint density at radius 1 is 1.23 bits per heavy atom. The minimum absolute atomic E-state index is 0.220. The van der Waals surface area contributed by atoms with Gasteiger partial charge in [0, 0.05) is 38.8 Å². The normalized spacial score (nSPS) is 11.3. The quantitative estimate of drug-likeness (QED) is 0.917. The van der Waals surface area contributed by atoms with E-state index in [4.69, 9.17) is 0 Å². The van der Waals surface area contributed by atoms with Crippen LogP contribution in [0.4, 0.5) is 11.5 Å². The van der Waals surface area contributed by atoms with E-state index in [1.807, 2.05) is 38.1 Å². The van der Waals surface area contributed by atoms with Crippen molar-refractivity contribution >= 4 is 21.3 Å². The fourth-order valence-corrected chi connectivity index (χ4v) is 2.96. The number of nitrogens with one attached hydrogen (secondary N) is 1. The molecular formula is C16H21N3O2S. The van der Waals surface area contributed by atoms with Crippen LogP contribution in [0.15, 0.2) is 41.4 Å². The summed E-state index contributed by atoms with van der Waals surface area (Å²) in [7, 11) is 0.700. The SMILES string of the molecule is Cc1cc(N(C)C)ccc1CNc1ncccc1S(C)(=O)=O. The highest BCUT2D eigenvalue weighted by Gasteiger charge is 2.13. The van der Waals surface area contributed by atoms with Gasteiger partial charge in [-0.15, -0.1) is 0 Å². The molecule has 0 saturated heterocycles. The summed E-state index contributed by atoms with van der Waals surface area (Å²) in [6.45, 7) is 2.57. The highest BCUT2D eigenvalue weighted by molar-refractivity contribution is 7.90. The molecule has 1 heterocycles. The number of sulfone groups is 1. The molecule has 1 N–H and O–H groups in total. The number of hydrogen-bond acceptors (Lipinski definition) is 5. The molecule has 6 heteroatoms. The van der Waals surface area contributed by atoms with E-state index < -0.39 is 9.84 Å². The Labute approximate surface area is 131 Å². The Kier molecular flexibility index (Phi) is 4.71. The van der Waals surface area contributed by atoms with Crippen molar-refractivity contribution in [1.29, 1.82) is 0 Å². The molecule has 0 unspecified atom stereocenters. The zero-order chi connectivity index (χ0) is 16.3. The van der Waals surface area contributed by atoms with Gasteiger partial charge in [0.15, 0.2) is 9.84 Å². The second-order valence-electron chi connectivity index (χ2n) is 5.48. The van der Waals surface area contributed by atoms with Crippen LogP contribution >= 0.6 is 0 Å². The first-order valence-corrected chi connectivity index (χ1v) is 8.84. The van der Waals surface area contributed by atoms with Gasteiger partial charge in [-0.05, 0) is 42.3 Å². The van der Waals surface area contributed by atoms with Crippen LogP contribution in [-0.4, -0.2) is 33.8 Å². The molecule has 22 heavy (non-hydrogen) atoms. The van der Waals surface area contributed by atoms with Crippen molar-refractivity contribution < 1.29 is 8.42 Å². The Hall–Kier alpha value is -2.08. The number of aryl methyl sites for hydroxylation is 1. The lowest BCUT2D eigenvalue weighted by molar-refractivity contribution is 0.601. The molecule has 2 aromatic rings. The maximum absolute atomic E-state index is 11.8. The Balaban J connectivity index is 2.21. The summed E-state index contributed by atoms with van der Waals surface area (Å²) < 4.78 is 23.5. The summed E-state index contributed by atoms with van der Waals surface area (Å²) in [6, 6.07) is 9.37. The van der Waals surface area contributed by atoms with Gasteiger partial charge in [-0.2, -0.15) is 0 Å². The van der Waals surface area contributed by atoms with Crippen LogP contribution in [0.1, 0.15) is 11.1 Å². The first-order chi connectivity index (χ1) is 10.3. The van der Waals surface area contributed by atoms with Crippen molar-refractivity contribution in [2.75, 3.05) is 30.6 Å². The van der Waals surface area contributed by atoms with Gasteiger partial charge in [0.25, 0.3) is 0 Å². The number of pyridine rings is 1. The summed E-state index contributed by atoms with van der Waals surface area (Å²) in [4.78, 5) is 6.40. The lowest BCUT2D eigenvalue weighted by Gasteiger charge is -2.16. The minimum Gasteiger partial charge on any atom is -0.378 e. The topological polar surface area (TPSA) is 62.3 Å². The number of rotatable bonds is 5. The van der Waals surface area contributed by atoms with Gasteiger partial charge in [-0.25, -0.2) is 13.4 Å². The third kappa shape index (κ3) is 3.76. The summed E-state index contributed by atoms with van der Waals surface area (Å²) in [5, 5.41) is 3.12. The van der Waals surface area contributed by atoms with Crippen LogP contribution < -0.4 is 10.2 Å². The molecule has 0 saturated carbocycles. The molecule has 0 radical (unpaired) electrons. The van der Waals surface area contributed by atoms with E-state index in [1.54, 1.807) is 18.3 Å². The summed E-state index contributed by atoms with van der Waals surface area (Å²) in [6.07, 6.45) is 2.77. The molecule has 0 fully saturated rings. The van der Waals surface area contributed by atoms with Crippen LogP contribution in [0.25, 0.3) is 0 Å². The van der Waals surface area contributed by atoms with E-state index in [2.05, 4.69) is 16.4 Å².